The van der Waals surface area contributed by atoms with Crippen molar-refractivity contribution in [1.82, 2.24) is 9.97 Å². The van der Waals surface area contributed by atoms with Gasteiger partial charge in [0.1, 0.15) is 6.10 Å². The largest absolute Gasteiger partial charge is 0.383 e. The SMILES string of the molecule is CCc1ccc(C(O)c2cc3[nH]c(=O)[nH]c3cc2Br)s1. The molecule has 0 amide bonds. The summed E-state index contributed by atoms with van der Waals surface area (Å²) in [4.78, 5) is 18.9. The lowest BCUT2D eigenvalue weighted by atomic mass is 10.1. The number of aryl methyl sites for hydroxylation is 1. The number of aromatic nitrogens is 2. The lowest BCUT2D eigenvalue weighted by Gasteiger charge is -2.11. The van der Waals surface area contributed by atoms with Crippen LogP contribution in [0.3, 0.4) is 0 Å². The third-order valence-corrected chi connectivity index (χ3v) is 5.20. The van der Waals surface area contributed by atoms with Crippen LogP contribution in [0.15, 0.2) is 33.5 Å². The molecule has 1 unspecified atom stereocenters. The molecule has 3 rings (SSSR count). The van der Waals surface area contributed by atoms with Gasteiger partial charge in [-0.2, -0.15) is 0 Å². The molecule has 4 nitrogen and oxygen atoms in total. The quantitative estimate of drug-likeness (QED) is 0.676. The first-order chi connectivity index (χ1) is 9.58. The van der Waals surface area contributed by atoms with Crippen molar-refractivity contribution in [3.8, 4) is 0 Å². The van der Waals surface area contributed by atoms with Crippen molar-refractivity contribution in [3.05, 3.63) is 54.5 Å². The summed E-state index contributed by atoms with van der Waals surface area (Å²) in [7, 11) is 0. The molecule has 0 aliphatic heterocycles. The number of fused-ring (bicyclic) bond motifs is 1. The number of aliphatic hydroxyl groups excluding tert-OH is 1. The normalized spacial score (nSPS) is 12.9. The van der Waals surface area contributed by atoms with Crippen LogP contribution in [-0.4, -0.2) is 15.1 Å². The van der Waals surface area contributed by atoms with E-state index < -0.39 is 6.10 Å². The molecule has 0 aliphatic rings. The molecule has 3 N–H and O–H groups in total. The van der Waals surface area contributed by atoms with Gasteiger partial charge in [0.15, 0.2) is 0 Å². The smallest absolute Gasteiger partial charge is 0.323 e. The number of hydrogen-bond donors (Lipinski definition) is 3. The summed E-state index contributed by atoms with van der Waals surface area (Å²) >= 11 is 5.06. The predicted octanol–water partition coefficient (Wildman–Crippen LogP) is 3.32. The van der Waals surface area contributed by atoms with E-state index in [1.807, 2.05) is 12.1 Å². The molecule has 0 bridgehead atoms. The highest BCUT2D eigenvalue weighted by atomic mass is 79.9. The maximum absolute atomic E-state index is 11.3. The number of rotatable bonds is 3. The molecule has 6 heteroatoms. The van der Waals surface area contributed by atoms with E-state index in [1.54, 1.807) is 23.5 Å². The Balaban J connectivity index is 2.07. The number of thiophene rings is 1. The molecule has 0 fully saturated rings. The summed E-state index contributed by atoms with van der Waals surface area (Å²) in [5, 5.41) is 10.5. The van der Waals surface area contributed by atoms with Crippen molar-refractivity contribution in [1.29, 1.82) is 0 Å². The minimum absolute atomic E-state index is 0.247. The topological polar surface area (TPSA) is 68.9 Å². The molecule has 0 radical (unpaired) electrons. The standard InChI is InChI=1S/C14H13BrN2O2S/c1-2-7-3-4-12(20-7)13(18)8-5-10-11(6-9(8)15)17-14(19)16-10/h3-6,13,18H,2H2,1H3,(H2,16,17,19). The van der Waals surface area contributed by atoms with Gasteiger partial charge in [0.05, 0.1) is 11.0 Å². The van der Waals surface area contributed by atoms with Crippen molar-refractivity contribution in [3.63, 3.8) is 0 Å². The second-order valence-electron chi connectivity index (χ2n) is 4.56. The fourth-order valence-electron chi connectivity index (χ4n) is 2.17. The van der Waals surface area contributed by atoms with Gasteiger partial charge in [0.2, 0.25) is 0 Å². The Morgan fingerprint density at radius 1 is 1.30 bits per heavy atom. The summed E-state index contributed by atoms with van der Waals surface area (Å²) in [6, 6.07) is 7.59. The second kappa shape index (κ2) is 5.20. The van der Waals surface area contributed by atoms with Gasteiger partial charge in [-0.05, 0) is 30.7 Å². The van der Waals surface area contributed by atoms with Crippen LogP contribution >= 0.6 is 27.3 Å². The zero-order valence-electron chi connectivity index (χ0n) is 10.7. The van der Waals surface area contributed by atoms with Crippen LogP contribution < -0.4 is 5.69 Å². The lowest BCUT2D eigenvalue weighted by Crippen LogP contribution is -1.99. The van der Waals surface area contributed by atoms with Gasteiger partial charge in [-0.25, -0.2) is 4.79 Å². The van der Waals surface area contributed by atoms with Gasteiger partial charge in [-0.1, -0.05) is 22.9 Å². The molecule has 0 saturated heterocycles. The fraction of sp³-hybridized carbons (Fsp3) is 0.214. The third kappa shape index (κ3) is 2.34. The highest BCUT2D eigenvalue weighted by molar-refractivity contribution is 9.10. The van der Waals surface area contributed by atoms with Gasteiger partial charge in [-0.3, -0.25) is 0 Å². The molecule has 3 aromatic rings. The first kappa shape index (κ1) is 13.6. The maximum Gasteiger partial charge on any atom is 0.323 e. The van der Waals surface area contributed by atoms with Gasteiger partial charge >= 0.3 is 5.69 Å². The maximum atomic E-state index is 11.3. The minimum atomic E-state index is -0.697. The van der Waals surface area contributed by atoms with Crippen LogP contribution in [0.2, 0.25) is 0 Å². The van der Waals surface area contributed by atoms with Crippen LogP contribution in [-0.2, 0) is 6.42 Å². The van der Waals surface area contributed by atoms with Crippen LogP contribution in [0.25, 0.3) is 11.0 Å². The van der Waals surface area contributed by atoms with E-state index in [9.17, 15) is 9.90 Å². The first-order valence-electron chi connectivity index (χ1n) is 6.26. The molecule has 0 saturated carbocycles. The zero-order chi connectivity index (χ0) is 14.3. The summed E-state index contributed by atoms with van der Waals surface area (Å²) in [6.45, 7) is 2.09. The van der Waals surface area contributed by atoms with E-state index in [1.165, 1.54) is 4.88 Å². The van der Waals surface area contributed by atoms with E-state index in [0.29, 0.717) is 5.52 Å². The van der Waals surface area contributed by atoms with Crippen molar-refractivity contribution in [2.24, 2.45) is 0 Å². The number of aromatic amines is 2. The number of imidazole rings is 1. The monoisotopic (exact) mass is 352 g/mol. The van der Waals surface area contributed by atoms with Crippen LogP contribution in [0.5, 0.6) is 0 Å². The van der Waals surface area contributed by atoms with Gasteiger partial charge in [-0.15, -0.1) is 11.3 Å². The molecular formula is C14H13BrN2O2S. The summed E-state index contributed by atoms with van der Waals surface area (Å²) in [6.07, 6.45) is 0.264. The summed E-state index contributed by atoms with van der Waals surface area (Å²) in [5.74, 6) is 0. The Morgan fingerprint density at radius 2 is 2.00 bits per heavy atom. The Bertz CT molecular complexity index is 818. The van der Waals surface area contributed by atoms with Crippen LogP contribution in [0, 0.1) is 0 Å². The van der Waals surface area contributed by atoms with E-state index in [-0.39, 0.29) is 5.69 Å². The third-order valence-electron chi connectivity index (χ3n) is 3.23. The van der Waals surface area contributed by atoms with Gasteiger partial charge < -0.3 is 15.1 Å². The predicted molar refractivity (Wildman–Crippen MR) is 84.4 cm³/mol. The number of hydrogen-bond acceptors (Lipinski definition) is 3. The van der Waals surface area contributed by atoms with Crippen molar-refractivity contribution in [2.75, 3.05) is 0 Å². The number of nitrogens with one attached hydrogen (secondary N) is 2. The summed E-state index contributed by atoms with van der Waals surface area (Å²) in [5.41, 5.74) is 1.91. The van der Waals surface area contributed by atoms with E-state index in [4.69, 9.17) is 0 Å². The molecule has 1 aromatic carbocycles. The molecule has 2 heterocycles. The average molecular weight is 353 g/mol. The van der Waals surface area contributed by atoms with E-state index in [2.05, 4.69) is 32.8 Å². The molecule has 1 atom stereocenters. The first-order valence-corrected chi connectivity index (χ1v) is 7.87. The van der Waals surface area contributed by atoms with E-state index in [0.717, 1.165) is 26.9 Å². The molecule has 0 aliphatic carbocycles. The van der Waals surface area contributed by atoms with Gasteiger partial charge in [0.25, 0.3) is 0 Å². The molecule has 0 spiro atoms. The molecule has 104 valence electrons. The number of H-pyrrole nitrogens is 2. The Kier molecular flexibility index (Phi) is 3.54. The Hall–Kier alpha value is -1.37. The number of aliphatic hydroxyl groups is 1. The molecular weight excluding hydrogens is 340 g/mol. The zero-order valence-corrected chi connectivity index (χ0v) is 13.1. The van der Waals surface area contributed by atoms with Crippen LogP contribution in [0.4, 0.5) is 0 Å². The number of halogens is 1. The lowest BCUT2D eigenvalue weighted by molar-refractivity contribution is 0.223. The molecule has 2 aromatic heterocycles. The van der Waals surface area contributed by atoms with Crippen LogP contribution in [0.1, 0.15) is 28.3 Å². The number of benzene rings is 1. The average Bonchev–Trinajstić information content (AvgIpc) is 3.02. The van der Waals surface area contributed by atoms with Gasteiger partial charge in [0, 0.05) is 19.8 Å². The minimum Gasteiger partial charge on any atom is -0.383 e. The Labute approximate surface area is 127 Å². The van der Waals surface area contributed by atoms with Crippen molar-refractivity contribution < 1.29 is 5.11 Å². The summed E-state index contributed by atoms with van der Waals surface area (Å²) < 4.78 is 0.777. The van der Waals surface area contributed by atoms with E-state index >= 15 is 0 Å². The Morgan fingerprint density at radius 3 is 2.65 bits per heavy atom. The van der Waals surface area contributed by atoms with Crippen molar-refractivity contribution in [2.45, 2.75) is 19.4 Å². The molecule has 20 heavy (non-hydrogen) atoms. The second-order valence-corrected chi connectivity index (χ2v) is 6.61. The highest BCUT2D eigenvalue weighted by Gasteiger charge is 2.17. The van der Waals surface area contributed by atoms with Crippen molar-refractivity contribution >= 4 is 38.3 Å². The fourth-order valence-corrected chi connectivity index (χ4v) is 3.69. The highest BCUT2D eigenvalue weighted by Crippen LogP contribution is 2.34.